The summed E-state index contributed by atoms with van der Waals surface area (Å²) in [7, 11) is 1.47. The highest BCUT2D eigenvalue weighted by molar-refractivity contribution is 5.81. The van der Waals surface area contributed by atoms with Gasteiger partial charge in [0.15, 0.2) is 0 Å². The van der Waals surface area contributed by atoms with Gasteiger partial charge in [0.2, 0.25) is 5.91 Å². The van der Waals surface area contributed by atoms with E-state index in [0.717, 1.165) is 35.2 Å². The summed E-state index contributed by atoms with van der Waals surface area (Å²) in [6, 6.07) is 15.2. The molecule has 2 aromatic carbocycles. The van der Waals surface area contributed by atoms with E-state index in [2.05, 4.69) is 12.1 Å². The largest absolute Gasteiger partial charge is 0.480 e. The fraction of sp³-hybridized carbons (Fsp3) is 0.423. The Morgan fingerprint density at radius 2 is 1.73 bits per heavy atom. The molecule has 1 fully saturated rings. The third-order valence-electron chi connectivity index (χ3n) is 6.70. The number of unbranched alkanes of at least 4 members (excludes halogenated alkanes) is 1. The van der Waals surface area contributed by atoms with Crippen molar-refractivity contribution in [2.45, 2.75) is 44.1 Å². The molecule has 0 radical (unpaired) electrons. The van der Waals surface area contributed by atoms with Gasteiger partial charge in [-0.25, -0.2) is 9.59 Å². The summed E-state index contributed by atoms with van der Waals surface area (Å²) in [6.07, 6.45) is 2.50. The number of aliphatic carboxylic acids is 1. The minimum absolute atomic E-state index is 0.0731. The Morgan fingerprint density at radius 1 is 1.09 bits per heavy atom. The summed E-state index contributed by atoms with van der Waals surface area (Å²) in [5.74, 6) is -0.958. The van der Waals surface area contributed by atoms with Gasteiger partial charge in [-0.1, -0.05) is 48.5 Å². The number of carbonyl (C=O) groups is 3. The lowest BCUT2D eigenvalue weighted by molar-refractivity contribution is -0.142. The lowest BCUT2D eigenvalue weighted by atomic mass is 9.98. The smallest absolute Gasteiger partial charge is 0.410 e. The zero-order valence-electron chi connectivity index (χ0n) is 18.9. The third-order valence-corrected chi connectivity index (χ3v) is 6.70. The molecule has 33 heavy (non-hydrogen) atoms. The molecule has 1 N–H and O–H groups in total. The van der Waals surface area contributed by atoms with Crippen LogP contribution in [0.15, 0.2) is 48.5 Å². The second-order valence-corrected chi connectivity index (χ2v) is 8.75. The molecule has 1 atom stereocenters. The molecule has 0 spiro atoms. The number of likely N-dealkylation sites (N-methyl/N-ethyl adjacent to an activating group) is 1. The summed E-state index contributed by atoms with van der Waals surface area (Å²) in [5, 5.41) is 9.67. The number of benzene rings is 2. The van der Waals surface area contributed by atoms with Gasteiger partial charge >= 0.3 is 12.1 Å². The summed E-state index contributed by atoms with van der Waals surface area (Å²) in [4.78, 5) is 39.3. The van der Waals surface area contributed by atoms with Crippen LogP contribution in [0.1, 0.15) is 49.1 Å². The first-order valence-electron chi connectivity index (χ1n) is 11.6. The van der Waals surface area contributed by atoms with E-state index in [9.17, 15) is 19.5 Å². The predicted molar refractivity (Wildman–Crippen MR) is 124 cm³/mol. The first-order chi connectivity index (χ1) is 16.0. The maximum Gasteiger partial charge on any atom is 0.410 e. The quantitative estimate of drug-likeness (QED) is 0.581. The highest BCUT2D eigenvalue weighted by Crippen LogP contribution is 2.44. The minimum atomic E-state index is -1.05. The molecule has 7 nitrogen and oxygen atoms in total. The Morgan fingerprint density at radius 3 is 2.30 bits per heavy atom. The molecule has 2 aliphatic rings. The molecule has 1 heterocycles. The van der Waals surface area contributed by atoms with Gasteiger partial charge in [-0.2, -0.15) is 0 Å². The molecule has 1 aliphatic carbocycles. The highest BCUT2D eigenvalue weighted by Gasteiger charge is 2.31. The van der Waals surface area contributed by atoms with Crippen LogP contribution >= 0.6 is 0 Å². The fourth-order valence-electron chi connectivity index (χ4n) is 4.89. The van der Waals surface area contributed by atoms with Crippen molar-refractivity contribution in [1.29, 1.82) is 0 Å². The Balaban J connectivity index is 1.33. The second kappa shape index (κ2) is 10.1. The predicted octanol–water partition coefficient (Wildman–Crippen LogP) is 4.11. The van der Waals surface area contributed by atoms with Crippen molar-refractivity contribution in [3.63, 3.8) is 0 Å². The molecule has 7 heteroatoms. The van der Waals surface area contributed by atoms with Crippen LogP contribution in [-0.2, 0) is 14.3 Å². The SMILES string of the molecule is CN(C(=O)OCC1c2ccccc2-c2ccccc21)C(CCCCN1CCCC1=O)C(=O)O. The Bertz CT molecular complexity index is 991. The van der Waals surface area contributed by atoms with E-state index in [1.165, 1.54) is 11.9 Å². The van der Waals surface area contributed by atoms with Gasteiger partial charge in [0, 0.05) is 32.5 Å². The standard InChI is InChI=1S/C26H30N2O5/c1-27(23(25(30)31)13-6-7-15-28-16-8-14-24(28)29)26(32)33-17-22-20-11-4-2-9-18(20)19-10-3-5-12-21(19)22/h2-5,9-12,22-23H,6-8,13-17H2,1H3,(H,30,31). The zero-order chi connectivity index (χ0) is 23.4. The summed E-state index contributed by atoms with van der Waals surface area (Å²) < 4.78 is 5.61. The number of ether oxygens (including phenoxy) is 1. The van der Waals surface area contributed by atoms with Crippen LogP contribution < -0.4 is 0 Å². The summed E-state index contributed by atoms with van der Waals surface area (Å²) in [5.41, 5.74) is 4.51. The average Bonchev–Trinajstić information content (AvgIpc) is 3.37. The number of hydrogen-bond donors (Lipinski definition) is 1. The Kier molecular flexibility index (Phi) is 6.96. The normalized spacial score (nSPS) is 15.8. The zero-order valence-corrected chi connectivity index (χ0v) is 18.9. The van der Waals surface area contributed by atoms with Crippen molar-refractivity contribution in [1.82, 2.24) is 9.80 Å². The maximum absolute atomic E-state index is 12.7. The van der Waals surface area contributed by atoms with Crippen LogP contribution in [0.2, 0.25) is 0 Å². The molecule has 1 unspecified atom stereocenters. The van der Waals surface area contributed by atoms with Crippen LogP contribution in [0.4, 0.5) is 4.79 Å². The van der Waals surface area contributed by atoms with Gasteiger partial charge in [0.25, 0.3) is 0 Å². The maximum atomic E-state index is 12.7. The molecule has 1 aliphatic heterocycles. The number of likely N-dealkylation sites (tertiary alicyclic amines) is 1. The molecule has 2 aromatic rings. The lowest BCUT2D eigenvalue weighted by Crippen LogP contribution is -2.43. The first kappa shape index (κ1) is 22.8. The van der Waals surface area contributed by atoms with Crippen molar-refractivity contribution in [3.05, 3.63) is 59.7 Å². The number of fused-ring (bicyclic) bond motifs is 3. The van der Waals surface area contributed by atoms with Crippen molar-refractivity contribution >= 4 is 18.0 Å². The number of rotatable bonds is 9. The van der Waals surface area contributed by atoms with Crippen LogP contribution in [-0.4, -0.2) is 65.7 Å². The van der Waals surface area contributed by atoms with E-state index in [4.69, 9.17) is 4.74 Å². The topological polar surface area (TPSA) is 87.2 Å². The van der Waals surface area contributed by atoms with E-state index < -0.39 is 18.1 Å². The number of amides is 2. The highest BCUT2D eigenvalue weighted by atomic mass is 16.6. The van der Waals surface area contributed by atoms with Gasteiger partial charge in [0.1, 0.15) is 12.6 Å². The molecule has 0 saturated carbocycles. The van der Waals surface area contributed by atoms with E-state index in [-0.39, 0.29) is 18.4 Å². The summed E-state index contributed by atoms with van der Waals surface area (Å²) >= 11 is 0. The van der Waals surface area contributed by atoms with Crippen LogP contribution in [0.5, 0.6) is 0 Å². The monoisotopic (exact) mass is 450 g/mol. The third kappa shape index (κ3) is 4.87. The number of nitrogens with zero attached hydrogens (tertiary/aromatic N) is 2. The molecule has 0 aromatic heterocycles. The molecule has 1 saturated heterocycles. The number of carbonyl (C=O) groups excluding carboxylic acids is 2. The summed E-state index contributed by atoms with van der Waals surface area (Å²) in [6.45, 7) is 1.57. The molecule has 174 valence electrons. The van der Waals surface area contributed by atoms with Crippen LogP contribution in [0, 0.1) is 0 Å². The van der Waals surface area contributed by atoms with Gasteiger partial charge in [-0.05, 0) is 47.9 Å². The number of hydrogen-bond acceptors (Lipinski definition) is 4. The molecule has 2 amide bonds. The van der Waals surface area contributed by atoms with Gasteiger partial charge < -0.3 is 14.7 Å². The Labute approximate surface area is 193 Å². The minimum Gasteiger partial charge on any atom is -0.480 e. The first-order valence-corrected chi connectivity index (χ1v) is 11.6. The molecular weight excluding hydrogens is 420 g/mol. The number of carboxylic acid groups (broad SMARTS) is 1. The lowest BCUT2D eigenvalue weighted by Gasteiger charge is -2.25. The van der Waals surface area contributed by atoms with Gasteiger partial charge in [-0.3, -0.25) is 9.69 Å². The van der Waals surface area contributed by atoms with Crippen molar-refractivity contribution in [2.75, 3.05) is 26.7 Å². The van der Waals surface area contributed by atoms with E-state index in [1.807, 2.05) is 41.3 Å². The van der Waals surface area contributed by atoms with E-state index in [1.54, 1.807) is 0 Å². The van der Waals surface area contributed by atoms with Gasteiger partial charge in [0.05, 0.1) is 0 Å². The second-order valence-electron chi connectivity index (χ2n) is 8.75. The Hall–Kier alpha value is -3.35. The van der Waals surface area contributed by atoms with Crippen molar-refractivity contribution in [3.8, 4) is 11.1 Å². The van der Waals surface area contributed by atoms with Crippen molar-refractivity contribution in [2.24, 2.45) is 0 Å². The molecular formula is C26H30N2O5. The van der Waals surface area contributed by atoms with E-state index >= 15 is 0 Å². The van der Waals surface area contributed by atoms with Gasteiger partial charge in [-0.15, -0.1) is 0 Å². The van der Waals surface area contributed by atoms with Crippen molar-refractivity contribution < 1.29 is 24.2 Å². The molecule has 0 bridgehead atoms. The average molecular weight is 451 g/mol. The fourth-order valence-corrected chi connectivity index (χ4v) is 4.89. The van der Waals surface area contributed by atoms with Crippen LogP contribution in [0.25, 0.3) is 11.1 Å². The number of carboxylic acids is 1. The molecule has 4 rings (SSSR count). The van der Waals surface area contributed by atoms with E-state index in [0.29, 0.717) is 32.2 Å². The van der Waals surface area contributed by atoms with Crippen LogP contribution in [0.3, 0.4) is 0 Å².